The zero-order valence-electron chi connectivity index (χ0n) is 14.2. The van der Waals surface area contributed by atoms with Crippen LogP contribution in [0.4, 0.5) is 0 Å². The summed E-state index contributed by atoms with van der Waals surface area (Å²) in [6.45, 7) is 2.60. The molecule has 1 aliphatic carbocycles. The lowest BCUT2D eigenvalue weighted by molar-refractivity contribution is -0.125. The number of amides is 1. The smallest absolute Gasteiger partial charge is 0.224 e. The van der Waals surface area contributed by atoms with E-state index in [4.69, 9.17) is 10.7 Å². The minimum atomic E-state index is -0.0337. The zero-order chi connectivity index (χ0) is 16.2. The number of para-hydroxylation sites is 1. The summed E-state index contributed by atoms with van der Waals surface area (Å²) in [5, 5.41) is 4.11. The van der Waals surface area contributed by atoms with Crippen molar-refractivity contribution in [2.75, 3.05) is 6.54 Å². The van der Waals surface area contributed by atoms with Crippen LogP contribution in [0.5, 0.6) is 0 Å². The van der Waals surface area contributed by atoms with Crippen LogP contribution in [-0.2, 0) is 4.79 Å². The number of hydrogen-bond acceptors (Lipinski definition) is 4. The van der Waals surface area contributed by atoms with E-state index in [1.807, 2.05) is 25.1 Å². The summed E-state index contributed by atoms with van der Waals surface area (Å²) < 4.78 is 1.19. The Labute approximate surface area is 165 Å². The van der Waals surface area contributed by atoms with Gasteiger partial charge in [0.1, 0.15) is 0 Å². The summed E-state index contributed by atoms with van der Waals surface area (Å²) in [4.78, 5) is 17.3. The van der Waals surface area contributed by atoms with Gasteiger partial charge in [-0.25, -0.2) is 4.98 Å². The van der Waals surface area contributed by atoms with Crippen molar-refractivity contribution >= 4 is 52.3 Å². The van der Waals surface area contributed by atoms with Crippen molar-refractivity contribution in [1.29, 1.82) is 0 Å². The second-order valence-corrected chi connectivity index (χ2v) is 7.29. The number of allylic oxidation sites excluding steroid dienone is 2. The van der Waals surface area contributed by atoms with Gasteiger partial charge in [-0.2, -0.15) is 0 Å². The van der Waals surface area contributed by atoms with Crippen LogP contribution in [0.1, 0.15) is 37.1 Å². The molecule has 0 radical (unpaired) electrons. The highest BCUT2D eigenvalue weighted by molar-refractivity contribution is 7.18. The number of nitrogens with zero attached hydrogens (tertiary/aromatic N) is 1. The fourth-order valence-corrected chi connectivity index (χ4v) is 4.13. The SMILES string of the molecule is CC(N)CCNC(=O)C1CC=CCC1c1nc2ccccc2s1.Cl.Cl. The quantitative estimate of drug-likeness (QED) is 0.742. The number of hydrogen-bond donors (Lipinski definition) is 2. The number of carbonyl (C=O) groups is 1. The van der Waals surface area contributed by atoms with Crippen molar-refractivity contribution in [1.82, 2.24) is 10.3 Å². The average Bonchev–Trinajstić information content (AvgIpc) is 2.98. The Morgan fingerprint density at radius 2 is 2.04 bits per heavy atom. The van der Waals surface area contributed by atoms with Gasteiger partial charge >= 0.3 is 0 Å². The van der Waals surface area contributed by atoms with E-state index in [1.165, 1.54) is 4.70 Å². The first-order valence-electron chi connectivity index (χ1n) is 8.19. The maximum atomic E-state index is 12.6. The van der Waals surface area contributed by atoms with Crippen LogP contribution >= 0.6 is 36.2 Å². The molecule has 7 heteroatoms. The number of aromatic nitrogens is 1. The maximum absolute atomic E-state index is 12.6. The molecule has 2 aromatic rings. The molecule has 0 spiro atoms. The molecule has 1 aromatic carbocycles. The second kappa shape index (κ2) is 10.1. The molecule has 1 heterocycles. The molecule has 0 saturated heterocycles. The van der Waals surface area contributed by atoms with Gasteiger partial charge in [0.05, 0.1) is 21.1 Å². The van der Waals surface area contributed by atoms with Gasteiger partial charge in [-0.1, -0.05) is 24.3 Å². The molecule has 3 atom stereocenters. The van der Waals surface area contributed by atoms with E-state index in [0.717, 1.165) is 29.8 Å². The normalized spacial score (nSPS) is 20.4. The third-order valence-electron chi connectivity index (χ3n) is 4.30. The predicted molar refractivity (Wildman–Crippen MR) is 110 cm³/mol. The average molecular weight is 402 g/mol. The molecule has 0 saturated carbocycles. The Balaban J connectivity index is 0.00000156. The summed E-state index contributed by atoms with van der Waals surface area (Å²) in [5.41, 5.74) is 6.77. The van der Waals surface area contributed by atoms with Crippen LogP contribution in [-0.4, -0.2) is 23.5 Å². The van der Waals surface area contributed by atoms with Crippen LogP contribution < -0.4 is 11.1 Å². The van der Waals surface area contributed by atoms with Gasteiger partial charge in [0.15, 0.2) is 0 Å². The molecule has 0 bridgehead atoms. The van der Waals surface area contributed by atoms with Crippen LogP contribution in [0, 0.1) is 5.92 Å². The monoisotopic (exact) mass is 401 g/mol. The molecule has 0 aliphatic heterocycles. The Hall–Kier alpha value is -1.14. The summed E-state index contributed by atoms with van der Waals surface area (Å²) in [6.07, 6.45) is 6.75. The van der Waals surface area contributed by atoms with E-state index in [1.54, 1.807) is 11.3 Å². The van der Waals surface area contributed by atoms with E-state index < -0.39 is 0 Å². The fraction of sp³-hybridized carbons (Fsp3) is 0.444. The Kier molecular flexibility index (Phi) is 8.86. The van der Waals surface area contributed by atoms with Gasteiger partial charge in [0.2, 0.25) is 5.91 Å². The minimum Gasteiger partial charge on any atom is -0.356 e. The largest absolute Gasteiger partial charge is 0.356 e. The summed E-state index contributed by atoms with van der Waals surface area (Å²) >= 11 is 1.71. The first kappa shape index (κ1) is 21.9. The minimum absolute atomic E-state index is 0. The van der Waals surface area contributed by atoms with E-state index in [9.17, 15) is 4.79 Å². The predicted octanol–water partition coefficient (Wildman–Crippen LogP) is 4.04. The van der Waals surface area contributed by atoms with Crippen molar-refractivity contribution in [2.24, 2.45) is 11.7 Å². The molecule has 3 N–H and O–H groups in total. The van der Waals surface area contributed by atoms with Gasteiger partial charge in [0.25, 0.3) is 0 Å². The number of halogens is 2. The van der Waals surface area contributed by atoms with E-state index in [-0.39, 0.29) is 48.6 Å². The van der Waals surface area contributed by atoms with Crippen LogP contribution in [0.15, 0.2) is 36.4 Å². The van der Waals surface area contributed by atoms with Crippen molar-refractivity contribution in [2.45, 2.75) is 38.1 Å². The lowest BCUT2D eigenvalue weighted by Crippen LogP contribution is -2.37. The van der Waals surface area contributed by atoms with Crippen molar-refractivity contribution in [3.05, 3.63) is 41.4 Å². The van der Waals surface area contributed by atoms with Gasteiger partial charge in [-0.3, -0.25) is 4.79 Å². The number of rotatable bonds is 5. The van der Waals surface area contributed by atoms with Crippen molar-refractivity contribution < 1.29 is 4.79 Å². The topological polar surface area (TPSA) is 68.0 Å². The third-order valence-corrected chi connectivity index (χ3v) is 5.46. The lowest BCUT2D eigenvalue weighted by atomic mass is 9.82. The summed E-state index contributed by atoms with van der Waals surface area (Å²) in [5.74, 6) is 0.264. The first-order chi connectivity index (χ1) is 11.1. The van der Waals surface area contributed by atoms with Crippen LogP contribution in [0.3, 0.4) is 0 Å². The number of benzene rings is 1. The standard InChI is InChI=1S/C18H23N3OS.2ClH/c1-12(19)10-11-20-17(22)13-6-2-3-7-14(13)18-21-15-8-4-5-9-16(15)23-18;;/h2-5,8-9,12-14H,6-7,10-11,19H2,1H3,(H,20,22);2*1H. The highest BCUT2D eigenvalue weighted by Crippen LogP contribution is 2.38. The molecule has 3 rings (SSSR count). The highest BCUT2D eigenvalue weighted by Gasteiger charge is 2.32. The number of nitrogens with two attached hydrogens (primary N) is 1. The summed E-state index contributed by atoms with van der Waals surface area (Å²) in [6, 6.07) is 8.27. The van der Waals surface area contributed by atoms with Crippen LogP contribution in [0.25, 0.3) is 10.2 Å². The molecule has 4 nitrogen and oxygen atoms in total. The maximum Gasteiger partial charge on any atom is 0.224 e. The zero-order valence-corrected chi connectivity index (χ0v) is 16.6. The molecular weight excluding hydrogens is 377 g/mol. The Morgan fingerprint density at radius 3 is 2.76 bits per heavy atom. The van der Waals surface area contributed by atoms with Gasteiger partial charge < -0.3 is 11.1 Å². The van der Waals surface area contributed by atoms with Crippen molar-refractivity contribution in [3.63, 3.8) is 0 Å². The molecular formula is C18H25Cl2N3OS. The molecule has 0 fully saturated rings. The van der Waals surface area contributed by atoms with Crippen molar-refractivity contribution in [3.8, 4) is 0 Å². The number of carbonyl (C=O) groups excluding carboxylic acids is 1. The molecule has 1 amide bonds. The molecule has 1 aromatic heterocycles. The van der Waals surface area contributed by atoms with Gasteiger partial charge in [-0.15, -0.1) is 36.2 Å². The number of fused-ring (bicyclic) bond motifs is 1. The Morgan fingerprint density at radius 1 is 1.32 bits per heavy atom. The number of nitrogens with one attached hydrogen (secondary N) is 1. The van der Waals surface area contributed by atoms with E-state index >= 15 is 0 Å². The molecule has 138 valence electrons. The lowest BCUT2D eigenvalue weighted by Gasteiger charge is -2.26. The third kappa shape index (κ3) is 5.42. The van der Waals surface area contributed by atoms with E-state index in [0.29, 0.717) is 6.54 Å². The number of thiazole rings is 1. The Bertz CT molecular complexity index is 684. The second-order valence-electron chi connectivity index (χ2n) is 6.23. The molecule has 25 heavy (non-hydrogen) atoms. The van der Waals surface area contributed by atoms with Crippen LogP contribution in [0.2, 0.25) is 0 Å². The van der Waals surface area contributed by atoms with Gasteiger partial charge in [-0.05, 0) is 38.3 Å². The molecule has 1 aliphatic rings. The molecule has 3 unspecified atom stereocenters. The van der Waals surface area contributed by atoms with E-state index in [2.05, 4.69) is 23.5 Å². The first-order valence-corrected chi connectivity index (χ1v) is 9.00. The van der Waals surface area contributed by atoms with Gasteiger partial charge in [0, 0.05) is 18.5 Å². The fourth-order valence-electron chi connectivity index (χ4n) is 2.98. The summed E-state index contributed by atoms with van der Waals surface area (Å²) in [7, 11) is 0. The highest BCUT2D eigenvalue weighted by atomic mass is 35.5.